The first-order valence-corrected chi connectivity index (χ1v) is 21.9. The Labute approximate surface area is 300 Å². The lowest BCUT2D eigenvalue weighted by Crippen LogP contribution is -2.60. The number of rotatable bonds is 13. The van der Waals surface area contributed by atoms with E-state index in [0.717, 1.165) is 68.0 Å². The number of ether oxygens (including phenoxy) is 7. The van der Waals surface area contributed by atoms with Gasteiger partial charge in [-0.05, 0) is 56.0 Å². The number of hydrogen-bond donors (Lipinski definition) is 0. The maximum absolute atomic E-state index is 7.24. The summed E-state index contributed by atoms with van der Waals surface area (Å²) in [6.07, 6.45) is 7.50. The highest BCUT2D eigenvalue weighted by Gasteiger charge is 2.52. The van der Waals surface area contributed by atoms with Gasteiger partial charge in [0.25, 0.3) is 0 Å². The second kappa shape index (κ2) is 16.3. The number of benzene rings is 2. The highest BCUT2D eigenvalue weighted by atomic mass is 28.4. The molecular formula is C41H58O8Si. The highest BCUT2D eigenvalue weighted by Crippen LogP contribution is 2.44. The summed E-state index contributed by atoms with van der Waals surface area (Å²) in [4.78, 5) is 0. The van der Waals surface area contributed by atoms with Crippen molar-refractivity contribution < 1.29 is 37.6 Å². The SMILES string of the molecule is CC[Si](CC)(CC)O[C@@H]1C[C@@H]2O[C@@H]3CO[C@@H](c4ccccc4)O[C@H]3C[C@H]2O[C@H]1CC1=CCC[C@H]2O[C@@H](CCOCc3ccccc3)C[C@]2(C)O1. The lowest BCUT2D eigenvalue weighted by molar-refractivity contribution is -0.320. The third-order valence-corrected chi connectivity index (χ3v) is 16.6. The number of allylic oxidation sites excluding steroid dienone is 1. The van der Waals surface area contributed by atoms with Crippen LogP contribution in [0.5, 0.6) is 0 Å². The van der Waals surface area contributed by atoms with Crippen molar-refractivity contribution in [1.29, 1.82) is 0 Å². The average molecular weight is 707 g/mol. The molecule has 0 unspecified atom stereocenters. The first-order chi connectivity index (χ1) is 24.4. The first kappa shape index (κ1) is 36.3. The van der Waals surface area contributed by atoms with E-state index in [9.17, 15) is 0 Å². The quantitative estimate of drug-likeness (QED) is 0.152. The van der Waals surface area contributed by atoms with Gasteiger partial charge in [-0.15, -0.1) is 0 Å². The smallest absolute Gasteiger partial charge is 0.192 e. The van der Waals surface area contributed by atoms with Crippen molar-refractivity contribution in [2.75, 3.05) is 13.2 Å². The van der Waals surface area contributed by atoms with Crippen molar-refractivity contribution in [1.82, 2.24) is 0 Å². The fourth-order valence-corrected chi connectivity index (χ4v) is 11.6. The van der Waals surface area contributed by atoms with E-state index in [1.807, 2.05) is 24.3 Å². The monoisotopic (exact) mass is 706 g/mol. The van der Waals surface area contributed by atoms with Crippen molar-refractivity contribution in [2.45, 2.75) is 158 Å². The molecule has 2 aromatic carbocycles. The molecule has 10 atom stereocenters. The van der Waals surface area contributed by atoms with Crippen LogP contribution in [0.25, 0.3) is 0 Å². The summed E-state index contributed by atoms with van der Waals surface area (Å²) < 4.78 is 53.3. The van der Waals surface area contributed by atoms with Gasteiger partial charge in [0.1, 0.15) is 11.7 Å². The molecule has 0 aliphatic carbocycles. The van der Waals surface area contributed by atoms with Crippen molar-refractivity contribution in [2.24, 2.45) is 0 Å². The van der Waals surface area contributed by atoms with E-state index in [1.165, 1.54) is 5.56 Å². The zero-order chi connectivity index (χ0) is 34.6. The van der Waals surface area contributed by atoms with Crippen LogP contribution in [-0.2, 0) is 44.2 Å². The van der Waals surface area contributed by atoms with Gasteiger partial charge >= 0.3 is 0 Å². The van der Waals surface area contributed by atoms with Gasteiger partial charge in [0, 0.05) is 37.9 Å². The Kier molecular flexibility index (Phi) is 11.8. The molecular weight excluding hydrogens is 649 g/mol. The van der Waals surface area contributed by atoms with Crippen LogP contribution in [0.1, 0.15) is 90.1 Å². The topological polar surface area (TPSA) is 73.8 Å². The van der Waals surface area contributed by atoms with Crippen LogP contribution in [0, 0.1) is 0 Å². The maximum Gasteiger partial charge on any atom is 0.192 e. The largest absolute Gasteiger partial charge is 0.489 e. The third-order valence-electron chi connectivity index (χ3n) is 11.9. The Morgan fingerprint density at radius 2 is 1.54 bits per heavy atom. The fourth-order valence-electron chi connectivity index (χ4n) is 8.75. The molecule has 274 valence electrons. The summed E-state index contributed by atoms with van der Waals surface area (Å²) in [6, 6.07) is 23.8. The van der Waals surface area contributed by atoms with E-state index in [-0.39, 0.29) is 60.7 Å². The van der Waals surface area contributed by atoms with Crippen LogP contribution in [0.4, 0.5) is 0 Å². The van der Waals surface area contributed by atoms with Crippen LogP contribution >= 0.6 is 0 Å². The predicted octanol–water partition coefficient (Wildman–Crippen LogP) is 8.41. The summed E-state index contributed by atoms with van der Waals surface area (Å²) in [7, 11) is -1.92. The van der Waals surface area contributed by atoms with Crippen LogP contribution in [0.2, 0.25) is 18.1 Å². The van der Waals surface area contributed by atoms with E-state index in [2.05, 4.69) is 70.2 Å². The van der Waals surface area contributed by atoms with Gasteiger partial charge in [-0.3, -0.25) is 0 Å². The Morgan fingerprint density at radius 3 is 2.30 bits per heavy atom. The van der Waals surface area contributed by atoms with E-state index in [0.29, 0.717) is 26.2 Å². The zero-order valence-corrected chi connectivity index (χ0v) is 31.5. The molecule has 0 radical (unpaired) electrons. The molecule has 0 N–H and O–H groups in total. The standard InChI is InChI=1S/C41H58O8Si/c1-5-50(6-2,7-3)49-37-25-35-34(24-36-38(46-35)28-43-40(47-36)30-17-12-9-13-18-30)45-33(37)23-31-19-14-20-39-41(4,48-31)26-32(44-39)21-22-42-27-29-15-10-8-11-16-29/h8-13,15-19,32-40H,5-7,14,20-28H2,1-4H3/t32-,33-,34+,35-,36-,37+,38+,39+,40+,41-/m0/s1. The van der Waals surface area contributed by atoms with Crippen LogP contribution in [0.3, 0.4) is 0 Å². The number of fused-ring (bicyclic) bond motifs is 3. The van der Waals surface area contributed by atoms with E-state index in [1.54, 1.807) is 0 Å². The molecule has 50 heavy (non-hydrogen) atoms. The van der Waals surface area contributed by atoms with E-state index < -0.39 is 8.32 Å². The molecule has 5 aliphatic heterocycles. The molecule has 4 saturated heterocycles. The van der Waals surface area contributed by atoms with Gasteiger partial charge in [-0.1, -0.05) is 81.4 Å². The summed E-state index contributed by atoms with van der Waals surface area (Å²) >= 11 is 0. The second-order valence-electron chi connectivity index (χ2n) is 15.2. The normalized spacial score (nSPS) is 35.6. The lowest BCUT2D eigenvalue weighted by atomic mass is 9.89. The fraction of sp³-hybridized carbons (Fsp3) is 0.659. The average Bonchev–Trinajstić information content (AvgIpc) is 3.37. The number of hydrogen-bond acceptors (Lipinski definition) is 8. The zero-order valence-electron chi connectivity index (χ0n) is 30.5. The summed E-state index contributed by atoms with van der Waals surface area (Å²) in [5.41, 5.74) is 1.85. The molecule has 5 heterocycles. The molecule has 0 amide bonds. The molecule has 2 aromatic rings. The Morgan fingerprint density at radius 1 is 0.820 bits per heavy atom. The Balaban J connectivity index is 1.01. The van der Waals surface area contributed by atoms with E-state index in [4.69, 9.17) is 37.6 Å². The molecule has 0 saturated carbocycles. The third kappa shape index (κ3) is 8.26. The predicted molar refractivity (Wildman–Crippen MR) is 194 cm³/mol. The first-order valence-electron chi connectivity index (χ1n) is 19.3. The molecule has 5 aliphatic rings. The minimum atomic E-state index is -1.92. The van der Waals surface area contributed by atoms with E-state index >= 15 is 0 Å². The van der Waals surface area contributed by atoms with Gasteiger partial charge in [-0.25, -0.2) is 0 Å². The van der Waals surface area contributed by atoms with Crippen molar-refractivity contribution in [3.8, 4) is 0 Å². The van der Waals surface area contributed by atoms with Gasteiger partial charge in [-0.2, -0.15) is 0 Å². The molecule has 0 bridgehead atoms. The van der Waals surface area contributed by atoms with Gasteiger partial charge < -0.3 is 37.6 Å². The van der Waals surface area contributed by atoms with Gasteiger partial charge in [0.05, 0.1) is 61.7 Å². The van der Waals surface area contributed by atoms with Crippen LogP contribution in [0.15, 0.2) is 72.5 Å². The molecule has 0 aromatic heterocycles. The van der Waals surface area contributed by atoms with Gasteiger partial charge in [0.2, 0.25) is 0 Å². The maximum atomic E-state index is 7.24. The summed E-state index contributed by atoms with van der Waals surface area (Å²) in [6.45, 7) is 10.9. The highest BCUT2D eigenvalue weighted by molar-refractivity contribution is 6.73. The van der Waals surface area contributed by atoms with Crippen molar-refractivity contribution >= 4 is 8.32 Å². The molecule has 8 nitrogen and oxygen atoms in total. The second-order valence-corrected chi connectivity index (χ2v) is 19.9. The van der Waals surface area contributed by atoms with Crippen molar-refractivity contribution in [3.63, 3.8) is 0 Å². The Hall–Kier alpha value is -2.08. The summed E-state index contributed by atoms with van der Waals surface area (Å²) in [5, 5.41) is 0. The van der Waals surface area contributed by atoms with Crippen LogP contribution in [-0.4, -0.2) is 76.0 Å². The lowest BCUT2D eigenvalue weighted by Gasteiger charge is -2.51. The molecule has 4 fully saturated rings. The minimum absolute atomic E-state index is 0.0470. The van der Waals surface area contributed by atoms with Crippen LogP contribution < -0.4 is 0 Å². The minimum Gasteiger partial charge on any atom is -0.489 e. The molecule has 7 rings (SSSR count). The van der Waals surface area contributed by atoms with Gasteiger partial charge in [0.15, 0.2) is 14.6 Å². The van der Waals surface area contributed by atoms with Crippen molar-refractivity contribution in [3.05, 3.63) is 83.6 Å². The molecule has 9 heteroatoms. The summed E-state index contributed by atoms with van der Waals surface area (Å²) in [5.74, 6) is 1.01. The Bertz CT molecular complexity index is 1380. The molecule has 0 spiro atoms.